The molecule has 2 aromatic carbocycles. The summed E-state index contributed by atoms with van der Waals surface area (Å²) < 4.78 is 34.2. The van der Waals surface area contributed by atoms with E-state index in [-0.39, 0.29) is 35.4 Å². The van der Waals surface area contributed by atoms with E-state index in [1.807, 2.05) is 51.1 Å². The highest BCUT2D eigenvalue weighted by atomic mass is 32.2. The van der Waals surface area contributed by atoms with Gasteiger partial charge < -0.3 is 15.0 Å². The van der Waals surface area contributed by atoms with Gasteiger partial charge in [0.15, 0.2) is 0 Å². The van der Waals surface area contributed by atoms with E-state index in [9.17, 15) is 18.0 Å². The SMILES string of the molecule is CC(C)(C)OC(=O)N1CCC(CNC(=O)C2CC[C@@H](c3ccccc3)N(S(=O)(=O)c3ccccc3)C2)C1. The molecule has 2 amide bonds. The van der Waals surface area contributed by atoms with Gasteiger partial charge in [0, 0.05) is 26.2 Å². The maximum atomic E-state index is 13.6. The summed E-state index contributed by atoms with van der Waals surface area (Å²) in [4.78, 5) is 27.4. The fourth-order valence-electron chi connectivity index (χ4n) is 5.04. The van der Waals surface area contributed by atoms with E-state index in [4.69, 9.17) is 4.74 Å². The molecule has 2 unspecified atom stereocenters. The summed E-state index contributed by atoms with van der Waals surface area (Å²) in [6, 6.07) is 17.7. The van der Waals surface area contributed by atoms with Crippen molar-refractivity contribution in [2.24, 2.45) is 11.8 Å². The van der Waals surface area contributed by atoms with E-state index >= 15 is 0 Å². The van der Waals surface area contributed by atoms with Crippen LogP contribution in [-0.4, -0.2) is 61.4 Å². The van der Waals surface area contributed by atoms with Crippen molar-refractivity contribution in [3.63, 3.8) is 0 Å². The van der Waals surface area contributed by atoms with Crippen LogP contribution < -0.4 is 5.32 Å². The van der Waals surface area contributed by atoms with E-state index in [2.05, 4.69) is 5.32 Å². The number of rotatable bonds is 6. The van der Waals surface area contributed by atoms with Crippen molar-refractivity contribution in [1.29, 1.82) is 0 Å². The molecule has 1 N–H and O–H groups in total. The maximum Gasteiger partial charge on any atom is 0.410 e. The van der Waals surface area contributed by atoms with Crippen LogP contribution in [0.2, 0.25) is 0 Å². The minimum absolute atomic E-state index is 0.122. The van der Waals surface area contributed by atoms with E-state index in [1.165, 1.54) is 4.31 Å². The highest BCUT2D eigenvalue weighted by Crippen LogP contribution is 2.37. The van der Waals surface area contributed by atoms with Crippen LogP contribution in [-0.2, 0) is 19.6 Å². The zero-order valence-electron chi connectivity index (χ0n) is 21.8. The molecule has 2 heterocycles. The van der Waals surface area contributed by atoms with Gasteiger partial charge in [-0.1, -0.05) is 48.5 Å². The lowest BCUT2D eigenvalue weighted by atomic mass is 9.90. The number of ether oxygens (including phenoxy) is 1. The normalized spacial score (nSPS) is 23.0. The average molecular weight is 528 g/mol. The molecule has 0 saturated carbocycles. The van der Waals surface area contributed by atoms with E-state index in [1.54, 1.807) is 35.2 Å². The summed E-state index contributed by atoms with van der Waals surface area (Å²) in [5.74, 6) is -0.446. The van der Waals surface area contributed by atoms with E-state index in [0.29, 0.717) is 32.5 Å². The number of hydrogen-bond donors (Lipinski definition) is 1. The predicted octanol–water partition coefficient (Wildman–Crippen LogP) is 4.20. The largest absolute Gasteiger partial charge is 0.444 e. The Morgan fingerprint density at radius 1 is 0.946 bits per heavy atom. The van der Waals surface area contributed by atoms with Crippen LogP contribution >= 0.6 is 0 Å². The van der Waals surface area contributed by atoms with Gasteiger partial charge in [-0.05, 0) is 63.6 Å². The molecule has 2 aliphatic rings. The van der Waals surface area contributed by atoms with Gasteiger partial charge >= 0.3 is 6.09 Å². The Morgan fingerprint density at radius 2 is 1.59 bits per heavy atom. The molecule has 2 saturated heterocycles. The number of nitrogens with one attached hydrogen (secondary N) is 1. The van der Waals surface area contributed by atoms with Gasteiger partial charge in [-0.15, -0.1) is 0 Å². The maximum absolute atomic E-state index is 13.6. The summed E-state index contributed by atoms with van der Waals surface area (Å²) in [6.07, 6.45) is 1.61. The number of sulfonamides is 1. The molecule has 200 valence electrons. The second kappa shape index (κ2) is 11.2. The van der Waals surface area contributed by atoms with Crippen LogP contribution in [0, 0.1) is 11.8 Å². The van der Waals surface area contributed by atoms with Crippen LogP contribution in [0.15, 0.2) is 65.6 Å². The molecular weight excluding hydrogens is 490 g/mol. The van der Waals surface area contributed by atoms with Crippen LogP contribution in [0.3, 0.4) is 0 Å². The Bertz CT molecular complexity index is 1180. The standard InChI is InChI=1S/C28H37N3O5S/c1-28(2,3)36-27(33)30-17-16-21(19-30)18-29-26(32)23-14-15-25(22-10-6-4-7-11-22)31(20-23)37(34,35)24-12-8-5-9-13-24/h4-13,21,23,25H,14-20H2,1-3H3,(H,29,32)/t21?,23?,25-/m0/s1. The highest BCUT2D eigenvalue weighted by molar-refractivity contribution is 7.89. The lowest BCUT2D eigenvalue weighted by molar-refractivity contribution is -0.126. The molecule has 0 aliphatic carbocycles. The molecular formula is C28H37N3O5S. The predicted molar refractivity (Wildman–Crippen MR) is 141 cm³/mol. The molecule has 0 bridgehead atoms. The van der Waals surface area contributed by atoms with Crippen molar-refractivity contribution in [1.82, 2.24) is 14.5 Å². The van der Waals surface area contributed by atoms with E-state index < -0.39 is 21.5 Å². The number of likely N-dealkylation sites (tertiary alicyclic amines) is 1. The lowest BCUT2D eigenvalue weighted by Gasteiger charge is -2.38. The van der Waals surface area contributed by atoms with Crippen LogP contribution in [0.25, 0.3) is 0 Å². The lowest BCUT2D eigenvalue weighted by Crippen LogP contribution is -2.47. The molecule has 0 radical (unpaired) electrons. The molecule has 8 nitrogen and oxygen atoms in total. The molecule has 2 aromatic rings. The first-order valence-corrected chi connectivity index (χ1v) is 14.4. The number of carbonyl (C=O) groups excluding carboxylic acids is 2. The first-order valence-electron chi connectivity index (χ1n) is 12.9. The second-order valence-electron chi connectivity index (χ2n) is 10.9. The Morgan fingerprint density at radius 3 is 2.24 bits per heavy atom. The van der Waals surface area contributed by atoms with Gasteiger partial charge in [-0.25, -0.2) is 13.2 Å². The Hall–Kier alpha value is -2.91. The average Bonchev–Trinajstić information content (AvgIpc) is 3.36. The third-order valence-corrected chi connectivity index (χ3v) is 8.83. The molecule has 0 spiro atoms. The smallest absolute Gasteiger partial charge is 0.410 e. The van der Waals surface area contributed by atoms with Crippen LogP contribution in [0.5, 0.6) is 0 Å². The first-order chi connectivity index (χ1) is 17.5. The number of benzene rings is 2. The van der Waals surface area contributed by atoms with Gasteiger partial charge in [0.2, 0.25) is 15.9 Å². The van der Waals surface area contributed by atoms with Crippen molar-refractivity contribution in [3.8, 4) is 0 Å². The summed E-state index contributed by atoms with van der Waals surface area (Å²) in [5, 5.41) is 3.03. The topological polar surface area (TPSA) is 96.0 Å². The van der Waals surface area contributed by atoms with Crippen molar-refractivity contribution >= 4 is 22.0 Å². The summed E-state index contributed by atoms with van der Waals surface area (Å²) in [6.45, 7) is 7.22. The monoisotopic (exact) mass is 527 g/mol. The van der Waals surface area contributed by atoms with Crippen molar-refractivity contribution < 1.29 is 22.7 Å². The van der Waals surface area contributed by atoms with Crippen LogP contribution in [0.1, 0.15) is 51.6 Å². The third-order valence-electron chi connectivity index (χ3n) is 6.94. The van der Waals surface area contributed by atoms with Crippen LogP contribution in [0.4, 0.5) is 4.79 Å². The molecule has 37 heavy (non-hydrogen) atoms. The Kier molecular flexibility index (Phi) is 8.23. The van der Waals surface area contributed by atoms with Crippen molar-refractivity contribution in [2.45, 2.75) is 56.6 Å². The summed E-state index contributed by atoms with van der Waals surface area (Å²) >= 11 is 0. The Labute approximate surface area is 220 Å². The van der Waals surface area contributed by atoms with Gasteiger partial charge in [0.25, 0.3) is 0 Å². The molecule has 0 aromatic heterocycles. The Balaban J connectivity index is 1.41. The van der Waals surface area contributed by atoms with Crippen molar-refractivity contribution in [2.75, 3.05) is 26.2 Å². The number of nitrogens with zero attached hydrogens (tertiary/aromatic N) is 2. The number of hydrogen-bond acceptors (Lipinski definition) is 5. The third kappa shape index (κ3) is 6.70. The van der Waals surface area contributed by atoms with Gasteiger partial charge in [-0.3, -0.25) is 4.79 Å². The second-order valence-corrected chi connectivity index (χ2v) is 12.8. The van der Waals surface area contributed by atoms with E-state index in [0.717, 1.165) is 12.0 Å². The molecule has 2 fully saturated rings. The quantitative estimate of drug-likeness (QED) is 0.607. The summed E-state index contributed by atoms with van der Waals surface area (Å²) in [7, 11) is -3.79. The van der Waals surface area contributed by atoms with Crippen molar-refractivity contribution in [3.05, 3.63) is 66.2 Å². The van der Waals surface area contributed by atoms with Gasteiger partial charge in [-0.2, -0.15) is 4.31 Å². The molecule has 4 rings (SSSR count). The minimum atomic E-state index is -3.79. The fraction of sp³-hybridized carbons (Fsp3) is 0.500. The minimum Gasteiger partial charge on any atom is -0.444 e. The first kappa shape index (κ1) is 27.1. The zero-order chi connectivity index (χ0) is 26.6. The molecule has 3 atom stereocenters. The van der Waals surface area contributed by atoms with Gasteiger partial charge in [0.05, 0.1) is 16.9 Å². The fourth-order valence-corrected chi connectivity index (χ4v) is 6.75. The number of amides is 2. The molecule has 2 aliphatic heterocycles. The highest BCUT2D eigenvalue weighted by Gasteiger charge is 2.40. The summed E-state index contributed by atoms with van der Waals surface area (Å²) in [5.41, 5.74) is 0.377. The number of carbonyl (C=O) groups is 2. The van der Waals surface area contributed by atoms with Gasteiger partial charge in [0.1, 0.15) is 5.60 Å². The molecule has 9 heteroatoms. The zero-order valence-corrected chi connectivity index (χ0v) is 22.6. The number of piperidine rings is 1.